The van der Waals surface area contributed by atoms with Gasteiger partial charge in [-0.05, 0) is 81.5 Å². The van der Waals surface area contributed by atoms with Gasteiger partial charge in [0, 0.05) is 17.1 Å². The number of halogens is 1. The Morgan fingerprint density at radius 2 is 1.76 bits per heavy atom. The molecule has 1 heterocycles. The van der Waals surface area contributed by atoms with Crippen molar-refractivity contribution in [3.05, 3.63) is 106 Å². The Balaban J connectivity index is 1.63. The molecule has 192 valence electrons. The van der Waals surface area contributed by atoms with Crippen LogP contribution in [0, 0.1) is 6.92 Å². The Bertz CT molecular complexity index is 1320. The number of amides is 1. The topological polar surface area (TPSA) is 70.1 Å². The van der Waals surface area contributed by atoms with Gasteiger partial charge in [0.1, 0.15) is 18.1 Å². The highest BCUT2D eigenvalue weighted by Crippen LogP contribution is 2.40. The number of carbonyl (C=O) groups is 2. The summed E-state index contributed by atoms with van der Waals surface area (Å²) < 4.78 is 5.88. The molecule has 6 nitrogen and oxygen atoms in total. The predicted molar refractivity (Wildman–Crippen MR) is 146 cm³/mol. The molecule has 0 spiro atoms. The summed E-state index contributed by atoms with van der Waals surface area (Å²) in [5.74, 6) is -0.909. The first-order valence-corrected chi connectivity index (χ1v) is 12.6. The van der Waals surface area contributed by atoms with Gasteiger partial charge in [0.2, 0.25) is 0 Å². The van der Waals surface area contributed by atoms with Gasteiger partial charge < -0.3 is 19.6 Å². The molecule has 0 radical (unpaired) electrons. The maximum atomic E-state index is 13.2. The standard InChI is InChI=1S/C30H31ClN2O4/c1-20-7-4-8-21(17-20)19-37-25-13-11-22(12-14-25)28(34)26-27(23-9-5-10-24(31)18-23)33(30(36)29(26)35)16-6-15-32(2)3/h4-5,7-14,17-18,27,34H,6,15-16,19H2,1-3H3/t27-/m0/s1. The number of aliphatic hydroxyl groups excluding tert-OH is 1. The summed E-state index contributed by atoms with van der Waals surface area (Å²) in [7, 11) is 3.91. The van der Waals surface area contributed by atoms with Gasteiger partial charge in [-0.1, -0.05) is 53.6 Å². The molecule has 0 aliphatic carbocycles. The fourth-order valence-electron chi connectivity index (χ4n) is 4.52. The van der Waals surface area contributed by atoms with E-state index >= 15 is 0 Å². The Morgan fingerprint density at radius 1 is 1.03 bits per heavy atom. The zero-order valence-corrected chi connectivity index (χ0v) is 22.0. The molecule has 7 heteroatoms. The van der Waals surface area contributed by atoms with Crippen molar-refractivity contribution in [2.24, 2.45) is 0 Å². The Morgan fingerprint density at radius 3 is 2.43 bits per heavy atom. The maximum absolute atomic E-state index is 13.2. The van der Waals surface area contributed by atoms with E-state index in [9.17, 15) is 14.7 Å². The number of aryl methyl sites for hydroxylation is 1. The van der Waals surface area contributed by atoms with Crippen LogP contribution in [0.1, 0.15) is 34.7 Å². The third-order valence-corrected chi connectivity index (χ3v) is 6.56. The van der Waals surface area contributed by atoms with Crippen molar-refractivity contribution in [1.82, 2.24) is 9.80 Å². The van der Waals surface area contributed by atoms with Crippen LogP contribution in [-0.2, 0) is 16.2 Å². The van der Waals surface area contributed by atoms with Crippen LogP contribution in [0.25, 0.3) is 5.76 Å². The minimum atomic E-state index is -0.724. The quantitative estimate of drug-likeness (QED) is 0.227. The van der Waals surface area contributed by atoms with Gasteiger partial charge in [0.15, 0.2) is 0 Å². The number of nitrogens with zero attached hydrogens (tertiary/aromatic N) is 2. The number of aliphatic hydroxyl groups is 1. The first-order valence-electron chi connectivity index (χ1n) is 12.2. The van der Waals surface area contributed by atoms with Crippen LogP contribution in [0.4, 0.5) is 0 Å². The van der Waals surface area contributed by atoms with Gasteiger partial charge in [-0.15, -0.1) is 0 Å². The number of hydrogen-bond acceptors (Lipinski definition) is 5. The smallest absolute Gasteiger partial charge is 0.295 e. The molecule has 0 unspecified atom stereocenters. The molecule has 1 saturated heterocycles. The molecule has 0 saturated carbocycles. The molecule has 1 atom stereocenters. The average Bonchev–Trinajstić information content (AvgIpc) is 3.12. The fraction of sp³-hybridized carbons (Fsp3) is 0.267. The minimum Gasteiger partial charge on any atom is -0.507 e. The van der Waals surface area contributed by atoms with Crippen molar-refractivity contribution in [3.63, 3.8) is 0 Å². The number of carbonyl (C=O) groups excluding carboxylic acids is 2. The van der Waals surface area contributed by atoms with Crippen LogP contribution in [-0.4, -0.2) is 53.8 Å². The molecule has 1 aliphatic rings. The lowest BCUT2D eigenvalue weighted by Crippen LogP contribution is -2.32. The molecular formula is C30H31ClN2O4. The largest absolute Gasteiger partial charge is 0.507 e. The van der Waals surface area contributed by atoms with Crippen molar-refractivity contribution in [2.75, 3.05) is 27.2 Å². The highest BCUT2D eigenvalue weighted by atomic mass is 35.5. The van der Waals surface area contributed by atoms with Crippen LogP contribution in [0.3, 0.4) is 0 Å². The number of hydrogen-bond donors (Lipinski definition) is 1. The molecule has 1 amide bonds. The van der Waals surface area contributed by atoms with Crippen LogP contribution in [0.5, 0.6) is 5.75 Å². The summed E-state index contributed by atoms with van der Waals surface area (Å²) >= 11 is 6.25. The zero-order valence-electron chi connectivity index (χ0n) is 21.3. The normalized spacial score (nSPS) is 17.0. The Kier molecular flexibility index (Phi) is 8.31. The highest BCUT2D eigenvalue weighted by molar-refractivity contribution is 6.46. The van der Waals surface area contributed by atoms with Crippen molar-refractivity contribution in [3.8, 4) is 5.75 Å². The van der Waals surface area contributed by atoms with Gasteiger partial charge in [-0.2, -0.15) is 0 Å². The molecule has 4 rings (SSSR count). The van der Waals surface area contributed by atoms with Crippen molar-refractivity contribution >= 4 is 29.1 Å². The van der Waals surface area contributed by atoms with Gasteiger partial charge in [-0.3, -0.25) is 9.59 Å². The molecule has 1 aliphatic heterocycles. The molecule has 3 aromatic rings. The summed E-state index contributed by atoms with van der Waals surface area (Å²) in [4.78, 5) is 29.8. The molecule has 3 aromatic carbocycles. The van der Waals surface area contributed by atoms with Gasteiger partial charge in [-0.25, -0.2) is 0 Å². The van der Waals surface area contributed by atoms with Gasteiger partial charge >= 0.3 is 0 Å². The molecule has 1 fully saturated rings. The summed E-state index contributed by atoms with van der Waals surface area (Å²) in [6.07, 6.45) is 0.685. The third kappa shape index (κ3) is 6.21. The zero-order chi connectivity index (χ0) is 26.5. The molecular weight excluding hydrogens is 488 g/mol. The van der Waals surface area contributed by atoms with E-state index in [-0.39, 0.29) is 11.3 Å². The summed E-state index contributed by atoms with van der Waals surface area (Å²) in [5, 5.41) is 11.8. The Labute approximate surface area is 222 Å². The van der Waals surface area contributed by atoms with E-state index in [1.807, 2.05) is 50.2 Å². The van der Waals surface area contributed by atoms with Crippen molar-refractivity contribution in [2.45, 2.75) is 26.0 Å². The number of benzene rings is 3. The molecule has 0 bridgehead atoms. The average molecular weight is 519 g/mol. The highest BCUT2D eigenvalue weighted by Gasteiger charge is 2.45. The second-order valence-corrected chi connectivity index (χ2v) is 9.94. The number of Topliss-reactive ketones (excluding diaryl/α,β-unsaturated/α-hetero) is 1. The second kappa shape index (κ2) is 11.6. The van der Waals surface area contributed by atoms with Crippen LogP contribution in [0.2, 0.25) is 5.02 Å². The van der Waals surface area contributed by atoms with E-state index in [1.54, 1.807) is 42.5 Å². The van der Waals surface area contributed by atoms with E-state index < -0.39 is 17.7 Å². The van der Waals surface area contributed by atoms with Gasteiger partial charge in [0.25, 0.3) is 11.7 Å². The maximum Gasteiger partial charge on any atom is 0.295 e. The van der Waals surface area contributed by atoms with E-state index in [0.717, 1.165) is 17.7 Å². The first kappa shape index (κ1) is 26.5. The van der Waals surface area contributed by atoms with E-state index in [0.29, 0.717) is 41.5 Å². The van der Waals surface area contributed by atoms with Crippen molar-refractivity contribution < 1.29 is 19.4 Å². The lowest BCUT2D eigenvalue weighted by atomic mass is 9.95. The monoisotopic (exact) mass is 518 g/mol. The number of likely N-dealkylation sites (tertiary alicyclic amines) is 1. The van der Waals surface area contributed by atoms with Crippen LogP contribution < -0.4 is 4.74 Å². The summed E-state index contributed by atoms with van der Waals surface area (Å²) in [6.45, 7) is 3.58. The molecule has 37 heavy (non-hydrogen) atoms. The Hall–Kier alpha value is -3.61. The van der Waals surface area contributed by atoms with Crippen LogP contribution in [0.15, 0.2) is 78.4 Å². The second-order valence-electron chi connectivity index (χ2n) is 9.51. The number of ether oxygens (including phenoxy) is 1. The number of rotatable bonds is 9. The predicted octanol–water partition coefficient (Wildman–Crippen LogP) is 5.60. The molecule has 1 N–H and O–H groups in total. The summed E-state index contributed by atoms with van der Waals surface area (Å²) in [5.41, 5.74) is 3.39. The molecule has 0 aromatic heterocycles. The lowest BCUT2D eigenvalue weighted by Gasteiger charge is -2.26. The lowest BCUT2D eigenvalue weighted by molar-refractivity contribution is -0.139. The SMILES string of the molecule is Cc1cccc(COc2ccc(C(O)=C3C(=O)C(=O)N(CCCN(C)C)[C@H]3c3cccc(Cl)c3)cc2)c1. The van der Waals surface area contributed by atoms with Crippen molar-refractivity contribution in [1.29, 1.82) is 0 Å². The first-order chi connectivity index (χ1) is 17.7. The summed E-state index contributed by atoms with van der Waals surface area (Å²) in [6, 6.07) is 21.3. The van der Waals surface area contributed by atoms with E-state index in [1.165, 1.54) is 4.90 Å². The van der Waals surface area contributed by atoms with Gasteiger partial charge in [0.05, 0.1) is 11.6 Å². The van der Waals surface area contributed by atoms with E-state index in [4.69, 9.17) is 16.3 Å². The van der Waals surface area contributed by atoms with E-state index in [2.05, 4.69) is 6.07 Å². The third-order valence-electron chi connectivity index (χ3n) is 6.32. The minimum absolute atomic E-state index is 0.0607. The number of ketones is 1. The van der Waals surface area contributed by atoms with Crippen LogP contribution >= 0.6 is 11.6 Å². The fourth-order valence-corrected chi connectivity index (χ4v) is 4.72.